The minimum absolute atomic E-state index is 0.0602. The molecule has 1 unspecified atom stereocenters. The number of benzene rings is 1. The number of carbonyl (C=O) groups is 2. The maximum absolute atomic E-state index is 12.8. The average molecular weight is 400 g/mol. The Morgan fingerprint density at radius 3 is 2.82 bits per heavy atom. The van der Waals surface area contributed by atoms with Crippen LogP contribution in [0.15, 0.2) is 24.3 Å². The molecule has 1 N–H and O–H groups in total. The van der Waals surface area contributed by atoms with Gasteiger partial charge in [0.1, 0.15) is 0 Å². The van der Waals surface area contributed by atoms with E-state index < -0.39 is 0 Å². The quantitative estimate of drug-likeness (QED) is 0.836. The van der Waals surface area contributed by atoms with Gasteiger partial charge in [-0.05, 0) is 37.3 Å². The third kappa shape index (κ3) is 3.87. The van der Waals surface area contributed by atoms with E-state index in [9.17, 15) is 9.59 Å². The monoisotopic (exact) mass is 399 g/mol. The van der Waals surface area contributed by atoms with Crippen LogP contribution in [0.2, 0.25) is 0 Å². The van der Waals surface area contributed by atoms with Gasteiger partial charge in [0.05, 0.1) is 5.92 Å². The van der Waals surface area contributed by atoms with Gasteiger partial charge in [-0.1, -0.05) is 36.5 Å². The SMILES string of the molecule is CCc1ccccc1NC(=O)C1CCCN(c2nnc(N3CCCC3=O)s2)C1. The van der Waals surface area contributed by atoms with E-state index in [1.54, 1.807) is 4.90 Å². The van der Waals surface area contributed by atoms with Crippen LogP contribution in [0.3, 0.4) is 0 Å². The van der Waals surface area contributed by atoms with Gasteiger partial charge in [-0.2, -0.15) is 0 Å². The maximum Gasteiger partial charge on any atom is 0.229 e. The molecule has 0 radical (unpaired) electrons. The fourth-order valence-electron chi connectivity index (χ4n) is 3.85. The second kappa shape index (κ2) is 8.26. The Hall–Kier alpha value is -2.48. The number of amides is 2. The second-order valence-corrected chi connectivity index (χ2v) is 8.24. The largest absolute Gasteiger partial charge is 0.346 e. The lowest BCUT2D eigenvalue weighted by atomic mass is 9.97. The zero-order valence-electron chi connectivity index (χ0n) is 16.1. The highest BCUT2D eigenvalue weighted by molar-refractivity contribution is 7.19. The van der Waals surface area contributed by atoms with E-state index in [2.05, 4.69) is 27.3 Å². The summed E-state index contributed by atoms with van der Waals surface area (Å²) in [7, 11) is 0. The molecular weight excluding hydrogens is 374 g/mol. The molecule has 0 bridgehead atoms. The molecule has 2 amide bonds. The predicted molar refractivity (Wildman–Crippen MR) is 111 cm³/mol. The number of aromatic nitrogens is 2. The first-order chi connectivity index (χ1) is 13.7. The van der Waals surface area contributed by atoms with Crippen LogP contribution >= 0.6 is 11.3 Å². The van der Waals surface area contributed by atoms with E-state index >= 15 is 0 Å². The van der Waals surface area contributed by atoms with Crippen molar-refractivity contribution < 1.29 is 9.59 Å². The van der Waals surface area contributed by atoms with Crippen molar-refractivity contribution in [3.05, 3.63) is 29.8 Å². The molecule has 7 nitrogen and oxygen atoms in total. The summed E-state index contributed by atoms with van der Waals surface area (Å²) in [5.74, 6) is 0.0951. The number of piperidine rings is 1. The molecule has 2 aliphatic heterocycles. The van der Waals surface area contributed by atoms with Crippen LogP contribution in [0.4, 0.5) is 16.0 Å². The Morgan fingerprint density at radius 2 is 2.04 bits per heavy atom. The highest BCUT2D eigenvalue weighted by Gasteiger charge is 2.30. The fraction of sp³-hybridized carbons (Fsp3) is 0.500. The number of anilines is 3. The summed E-state index contributed by atoms with van der Waals surface area (Å²) in [5, 5.41) is 13.1. The number of aryl methyl sites for hydroxylation is 1. The first-order valence-electron chi connectivity index (χ1n) is 9.93. The van der Waals surface area contributed by atoms with Crippen molar-refractivity contribution in [2.75, 3.05) is 34.8 Å². The van der Waals surface area contributed by atoms with Crippen molar-refractivity contribution in [3.8, 4) is 0 Å². The Kier molecular flexibility index (Phi) is 5.57. The fourth-order valence-corrected chi connectivity index (χ4v) is 4.77. The van der Waals surface area contributed by atoms with Crippen LogP contribution < -0.4 is 15.1 Å². The predicted octanol–water partition coefficient (Wildman–Crippen LogP) is 3.08. The summed E-state index contributed by atoms with van der Waals surface area (Å²) < 4.78 is 0. The average Bonchev–Trinajstić information content (AvgIpc) is 3.37. The van der Waals surface area contributed by atoms with Gasteiger partial charge < -0.3 is 10.2 Å². The highest BCUT2D eigenvalue weighted by Crippen LogP contribution is 2.32. The molecule has 3 heterocycles. The molecule has 1 aromatic carbocycles. The molecule has 4 rings (SSSR count). The zero-order chi connectivity index (χ0) is 19.5. The van der Waals surface area contributed by atoms with Crippen LogP contribution in [-0.2, 0) is 16.0 Å². The van der Waals surface area contributed by atoms with Gasteiger partial charge in [0.15, 0.2) is 0 Å². The molecule has 0 spiro atoms. The molecular formula is C20H25N5O2S. The molecule has 2 aliphatic rings. The molecule has 148 valence electrons. The van der Waals surface area contributed by atoms with Crippen molar-refractivity contribution in [2.24, 2.45) is 5.92 Å². The molecule has 0 aliphatic carbocycles. The molecule has 2 aromatic rings. The summed E-state index contributed by atoms with van der Waals surface area (Å²) in [6.45, 7) is 4.29. The van der Waals surface area contributed by atoms with Crippen molar-refractivity contribution in [1.82, 2.24) is 10.2 Å². The van der Waals surface area contributed by atoms with E-state index in [-0.39, 0.29) is 17.7 Å². The van der Waals surface area contributed by atoms with E-state index in [4.69, 9.17) is 0 Å². The van der Waals surface area contributed by atoms with E-state index in [1.807, 2.05) is 24.3 Å². The van der Waals surface area contributed by atoms with Gasteiger partial charge in [-0.25, -0.2) is 0 Å². The van der Waals surface area contributed by atoms with Crippen LogP contribution in [0.25, 0.3) is 0 Å². The van der Waals surface area contributed by atoms with Crippen LogP contribution in [0.1, 0.15) is 38.2 Å². The summed E-state index contributed by atoms with van der Waals surface area (Å²) in [6.07, 6.45) is 4.15. The Bertz CT molecular complexity index is 868. The topological polar surface area (TPSA) is 78.4 Å². The minimum Gasteiger partial charge on any atom is -0.346 e. The van der Waals surface area contributed by atoms with Gasteiger partial charge in [-0.15, -0.1) is 10.2 Å². The molecule has 28 heavy (non-hydrogen) atoms. The normalized spacial score (nSPS) is 19.9. The van der Waals surface area contributed by atoms with Crippen molar-refractivity contribution in [2.45, 2.75) is 39.0 Å². The number of rotatable bonds is 5. The number of para-hydroxylation sites is 1. The molecule has 2 fully saturated rings. The maximum atomic E-state index is 12.8. The van der Waals surface area contributed by atoms with Crippen molar-refractivity contribution in [1.29, 1.82) is 0 Å². The minimum atomic E-state index is -0.0839. The third-order valence-electron chi connectivity index (χ3n) is 5.43. The lowest BCUT2D eigenvalue weighted by Gasteiger charge is -2.31. The summed E-state index contributed by atoms with van der Waals surface area (Å²) in [5.41, 5.74) is 2.05. The summed E-state index contributed by atoms with van der Waals surface area (Å²) >= 11 is 1.44. The molecule has 1 aromatic heterocycles. The highest BCUT2D eigenvalue weighted by atomic mass is 32.1. The molecule has 1 atom stereocenters. The Labute approximate surface area is 168 Å². The molecule has 0 saturated carbocycles. The number of nitrogens with zero attached hydrogens (tertiary/aromatic N) is 4. The van der Waals surface area contributed by atoms with Crippen LogP contribution in [0, 0.1) is 5.92 Å². The standard InChI is InChI=1S/C20H25N5O2S/c1-2-14-7-3-4-9-16(14)21-18(27)15-8-5-11-24(13-15)19-22-23-20(28-19)25-12-6-10-17(25)26/h3-4,7,9,15H,2,5-6,8,10-13H2,1H3,(H,21,27). The summed E-state index contributed by atoms with van der Waals surface area (Å²) in [6, 6.07) is 7.95. The van der Waals surface area contributed by atoms with Crippen LogP contribution in [0.5, 0.6) is 0 Å². The van der Waals surface area contributed by atoms with E-state index in [0.29, 0.717) is 18.1 Å². The van der Waals surface area contributed by atoms with Crippen molar-refractivity contribution in [3.63, 3.8) is 0 Å². The van der Waals surface area contributed by atoms with Gasteiger partial charge in [0.2, 0.25) is 22.1 Å². The summed E-state index contributed by atoms with van der Waals surface area (Å²) in [4.78, 5) is 28.6. The molecule has 2 saturated heterocycles. The van der Waals surface area contributed by atoms with Gasteiger partial charge in [-0.3, -0.25) is 14.5 Å². The van der Waals surface area contributed by atoms with Gasteiger partial charge in [0.25, 0.3) is 0 Å². The number of hydrogen-bond donors (Lipinski definition) is 1. The van der Waals surface area contributed by atoms with Gasteiger partial charge >= 0.3 is 0 Å². The number of nitrogens with one attached hydrogen (secondary N) is 1. The van der Waals surface area contributed by atoms with Gasteiger partial charge in [0, 0.05) is 31.7 Å². The Balaban J connectivity index is 1.42. The second-order valence-electron chi connectivity index (χ2n) is 7.30. The number of hydrogen-bond acceptors (Lipinski definition) is 6. The van der Waals surface area contributed by atoms with E-state index in [1.165, 1.54) is 11.3 Å². The lowest BCUT2D eigenvalue weighted by Crippen LogP contribution is -2.40. The third-order valence-corrected chi connectivity index (χ3v) is 6.43. The van der Waals surface area contributed by atoms with Crippen LogP contribution in [-0.4, -0.2) is 41.6 Å². The molecule has 8 heteroatoms. The Morgan fingerprint density at radius 1 is 1.21 bits per heavy atom. The zero-order valence-corrected chi connectivity index (χ0v) is 16.9. The van der Waals surface area contributed by atoms with E-state index in [0.717, 1.165) is 55.2 Å². The van der Waals surface area contributed by atoms with Crippen molar-refractivity contribution >= 4 is 39.1 Å². The smallest absolute Gasteiger partial charge is 0.229 e. The first-order valence-corrected chi connectivity index (χ1v) is 10.7. The number of carbonyl (C=O) groups excluding carboxylic acids is 2. The first kappa shape index (κ1) is 18.9. The lowest BCUT2D eigenvalue weighted by molar-refractivity contribution is -0.120.